The van der Waals surface area contributed by atoms with Crippen molar-refractivity contribution in [2.75, 3.05) is 0 Å². The van der Waals surface area contributed by atoms with Gasteiger partial charge in [0.25, 0.3) is 0 Å². The van der Waals surface area contributed by atoms with Gasteiger partial charge in [-0.05, 0) is 42.0 Å². The zero-order chi connectivity index (χ0) is 26.8. The normalized spacial score (nSPS) is 19.0. The van der Waals surface area contributed by atoms with E-state index in [0.29, 0.717) is 29.0 Å². The van der Waals surface area contributed by atoms with Crippen LogP contribution in [0, 0.1) is 10.1 Å². The number of benzene rings is 3. The number of ether oxygens (including phenoxy) is 1. The van der Waals surface area contributed by atoms with E-state index in [1.807, 2.05) is 60.7 Å². The minimum Gasteiger partial charge on any atom is -0.502 e. The number of nitrogens with one attached hydrogen (secondary N) is 1. The maximum atomic E-state index is 13.7. The quantitative estimate of drug-likeness (QED) is 0.259. The molecule has 0 saturated carbocycles. The van der Waals surface area contributed by atoms with Crippen molar-refractivity contribution in [3.05, 3.63) is 128 Å². The van der Waals surface area contributed by atoms with Crippen molar-refractivity contribution in [3.8, 4) is 5.75 Å². The zero-order valence-electron chi connectivity index (χ0n) is 20.7. The zero-order valence-corrected chi connectivity index (χ0v) is 20.7. The van der Waals surface area contributed by atoms with Crippen LogP contribution in [-0.4, -0.2) is 21.8 Å². The smallest absolute Gasteiger partial charge is 0.337 e. The molecule has 3 aromatic rings. The van der Waals surface area contributed by atoms with E-state index in [1.165, 1.54) is 18.2 Å². The number of rotatable bonds is 6. The Hall–Kier alpha value is -4.72. The summed E-state index contributed by atoms with van der Waals surface area (Å²) in [5, 5.41) is 24.9. The molecule has 192 valence electrons. The van der Waals surface area contributed by atoms with Crippen LogP contribution in [0.4, 0.5) is 5.69 Å². The first-order valence-electron chi connectivity index (χ1n) is 12.3. The standard InChI is InChI=1S/C30H26N2O6/c1-18-27(30(35)38-17-19-8-4-2-5-9-19)28(21-12-13-25(33)24(15-21)32(36)37)29-23(31-18)14-22(16-26(29)34)20-10-6-3-7-11-20/h2-13,15,22,28,31,33H,14,16-17H2,1H3/t22-,28-/m1/s1. The highest BCUT2D eigenvalue weighted by atomic mass is 16.6. The summed E-state index contributed by atoms with van der Waals surface area (Å²) in [6.07, 6.45) is 0.790. The van der Waals surface area contributed by atoms with Crippen LogP contribution < -0.4 is 5.32 Å². The lowest BCUT2D eigenvalue weighted by Crippen LogP contribution is -2.36. The largest absolute Gasteiger partial charge is 0.502 e. The molecule has 0 unspecified atom stereocenters. The van der Waals surface area contributed by atoms with Gasteiger partial charge >= 0.3 is 11.7 Å². The number of esters is 1. The van der Waals surface area contributed by atoms with E-state index < -0.39 is 28.2 Å². The van der Waals surface area contributed by atoms with E-state index in [4.69, 9.17) is 4.74 Å². The summed E-state index contributed by atoms with van der Waals surface area (Å²) < 4.78 is 5.64. The van der Waals surface area contributed by atoms with Gasteiger partial charge in [-0.3, -0.25) is 14.9 Å². The third-order valence-corrected chi connectivity index (χ3v) is 7.06. The van der Waals surface area contributed by atoms with Crippen LogP contribution >= 0.6 is 0 Å². The van der Waals surface area contributed by atoms with Gasteiger partial charge in [-0.1, -0.05) is 66.7 Å². The van der Waals surface area contributed by atoms with Gasteiger partial charge in [0.1, 0.15) is 6.61 Å². The number of carbonyl (C=O) groups excluding carboxylic acids is 2. The number of phenolic OH excluding ortho intramolecular Hbond substituents is 1. The number of nitro benzene ring substituents is 1. The Morgan fingerprint density at radius 1 is 1.03 bits per heavy atom. The lowest BCUT2D eigenvalue weighted by Gasteiger charge is -2.36. The highest BCUT2D eigenvalue weighted by Gasteiger charge is 2.42. The number of nitrogens with zero attached hydrogens (tertiary/aromatic N) is 1. The molecule has 1 heterocycles. The number of ketones is 1. The Morgan fingerprint density at radius 2 is 1.71 bits per heavy atom. The first-order chi connectivity index (χ1) is 18.3. The second-order valence-corrected chi connectivity index (χ2v) is 9.49. The van der Waals surface area contributed by atoms with Crippen molar-refractivity contribution < 1.29 is 24.4 Å². The SMILES string of the molecule is CC1=C(C(=O)OCc2ccccc2)[C@@H](c2ccc(O)c([N+](=O)[O-])c2)C2=C(C[C@@H](c3ccccc3)CC2=O)N1. The molecular weight excluding hydrogens is 484 g/mol. The molecule has 8 nitrogen and oxygen atoms in total. The molecule has 0 amide bonds. The summed E-state index contributed by atoms with van der Waals surface area (Å²) in [6.45, 7) is 1.77. The number of carbonyl (C=O) groups is 2. The van der Waals surface area contributed by atoms with Gasteiger partial charge in [-0.2, -0.15) is 0 Å². The molecule has 0 bridgehead atoms. The number of phenols is 1. The fourth-order valence-electron chi connectivity index (χ4n) is 5.27. The molecular formula is C30H26N2O6. The number of allylic oxidation sites excluding steroid dienone is 3. The third kappa shape index (κ3) is 4.80. The minimum absolute atomic E-state index is 0.0365. The van der Waals surface area contributed by atoms with Crippen molar-refractivity contribution in [2.24, 2.45) is 0 Å². The molecule has 1 aliphatic carbocycles. The molecule has 3 aromatic carbocycles. The molecule has 0 aromatic heterocycles. The van der Waals surface area contributed by atoms with E-state index in [0.717, 1.165) is 11.1 Å². The molecule has 0 spiro atoms. The molecule has 5 rings (SSSR count). The van der Waals surface area contributed by atoms with Gasteiger partial charge in [0, 0.05) is 35.4 Å². The van der Waals surface area contributed by atoms with Crippen LogP contribution in [0.3, 0.4) is 0 Å². The van der Waals surface area contributed by atoms with Crippen LogP contribution in [0.15, 0.2) is 101 Å². The number of nitro groups is 1. The molecule has 2 N–H and O–H groups in total. The van der Waals surface area contributed by atoms with Gasteiger partial charge < -0.3 is 15.2 Å². The molecule has 8 heteroatoms. The van der Waals surface area contributed by atoms with E-state index >= 15 is 0 Å². The summed E-state index contributed by atoms with van der Waals surface area (Å²) in [4.78, 5) is 38.1. The number of hydrogen-bond donors (Lipinski definition) is 2. The minimum atomic E-state index is -0.877. The Morgan fingerprint density at radius 3 is 2.39 bits per heavy atom. The monoisotopic (exact) mass is 510 g/mol. The number of hydrogen-bond acceptors (Lipinski definition) is 7. The first-order valence-corrected chi connectivity index (χ1v) is 12.3. The van der Waals surface area contributed by atoms with E-state index in [1.54, 1.807) is 6.92 Å². The molecule has 2 atom stereocenters. The van der Waals surface area contributed by atoms with E-state index in [-0.39, 0.29) is 30.3 Å². The van der Waals surface area contributed by atoms with Crippen LogP contribution in [0.25, 0.3) is 0 Å². The van der Waals surface area contributed by atoms with Crippen molar-refractivity contribution in [3.63, 3.8) is 0 Å². The topological polar surface area (TPSA) is 119 Å². The van der Waals surface area contributed by atoms with Gasteiger partial charge in [0.05, 0.1) is 10.5 Å². The maximum Gasteiger partial charge on any atom is 0.337 e. The average Bonchev–Trinajstić information content (AvgIpc) is 2.92. The van der Waals surface area contributed by atoms with Crippen LogP contribution in [0.5, 0.6) is 5.75 Å². The first kappa shape index (κ1) is 25.0. The second kappa shape index (κ2) is 10.3. The van der Waals surface area contributed by atoms with Crippen LogP contribution in [0.2, 0.25) is 0 Å². The van der Waals surface area contributed by atoms with Crippen LogP contribution in [0.1, 0.15) is 48.3 Å². The van der Waals surface area contributed by atoms with Crippen molar-refractivity contribution in [1.82, 2.24) is 5.32 Å². The Kier molecular flexibility index (Phi) is 6.79. The lowest BCUT2D eigenvalue weighted by molar-refractivity contribution is -0.385. The van der Waals surface area contributed by atoms with Crippen molar-refractivity contribution >= 4 is 17.4 Å². The highest BCUT2D eigenvalue weighted by Crippen LogP contribution is 2.46. The van der Waals surface area contributed by atoms with Gasteiger partial charge in [0.15, 0.2) is 11.5 Å². The number of aromatic hydroxyl groups is 1. The van der Waals surface area contributed by atoms with Gasteiger partial charge in [0.2, 0.25) is 0 Å². The summed E-state index contributed by atoms with van der Waals surface area (Å²) in [5.74, 6) is -2.17. The van der Waals surface area contributed by atoms with Crippen molar-refractivity contribution in [1.29, 1.82) is 0 Å². The second-order valence-electron chi connectivity index (χ2n) is 9.49. The summed E-state index contributed by atoms with van der Waals surface area (Å²) in [5.41, 5.74) is 3.53. The molecule has 0 saturated heterocycles. The van der Waals surface area contributed by atoms with Crippen LogP contribution in [-0.2, 0) is 20.9 Å². The third-order valence-electron chi connectivity index (χ3n) is 7.06. The average molecular weight is 511 g/mol. The maximum absolute atomic E-state index is 13.7. The predicted molar refractivity (Wildman–Crippen MR) is 140 cm³/mol. The number of Topliss-reactive ketones (excluding diaryl/α,β-unsaturated/α-hetero) is 1. The Balaban J connectivity index is 1.57. The van der Waals surface area contributed by atoms with E-state index in [9.17, 15) is 24.8 Å². The fourth-order valence-corrected chi connectivity index (χ4v) is 5.27. The molecule has 0 fully saturated rings. The fraction of sp³-hybridized carbons (Fsp3) is 0.200. The lowest BCUT2D eigenvalue weighted by atomic mass is 9.71. The summed E-state index contributed by atoms with van der Waals surface area (Å²) in [6, 6.07) is 22.9. The molecule has 38 heavy (non-hydrogen) atoms. The number of dihydropyridines is 1. The molecule has 1 aliphatic heterocycles. The van der Waals surface area contributed by atoms with E-state index in [2.05, 4.69) is 5.32 Å². The molecule has 2 aliphatic rings. The van der Waals surface area contributed by atoms with Gasteiger partial charge in [-0.15, -0.1) is 0 Å². The summed E-state index contributed by atoms with van der Waals surface area (Å²) >= 11 is 0. The highest BCUT2D eigenvalue weighted by molar-refractivity contribution is 6.04. The molecule has 0 radical (unpaired) electrons. The predicted octanol–water partition coefficient (Wildman–Crippen LogP) is 5.41. The Labute approximate surface area is 219 Å². The Bertz CT molecular complexity index is 1480. The van der Waals surface area contributed by atoms with Crippen molar-refractivity contribution in [2.45, 2.75) is 38.2 Å². The summed E-state index contributed by atoms with van der Waals surface area (Å²) in [7, 11) is 0. The van der Waals surface area contributed by atoms with Gasteiger partial charge in [-0.25, -0.2) is 4.79 Å².